The maximum atomic E-state index is 13.1. The Morgan fingerprint density at radius 3 is 2.50 bits per heavy atom. The molecule has 24 heavy (non-hydrogen) atoms. The highest BCUT2D eigenvalue weighted by Crippen LogP contribution is 2.35. The first-order valence-corrected chi connectivity index (χ1v) is 9.89. The van der Waals surface area contributed by atoms with E-state index in [1.165, 1.54) is 24.2 Å². The van der Waals surface area contributed by atoms with Crippen molar-refractivity contribution in [3.8, 4) is 0 Å². The molecule has 0 aliphatic heterocycles. The van der Waals surface area contributed by atoms with Crippen molar-refractivity contribution < 1.29 is 4.79 Å². The van der Waals surface area contributed by atoms with Crippen molar-refractivity contribution in [1.29, 1.82) is 0 Å². The molecule has 0 spiro atoms. The molecular formula is C19H24N2O2S. The summed E-state index contributed by atoms with van der Waals surface area (Å²) in [7, 11) is 0. The number of nitrogens with zero attached hydrogens (tertiary/aromatic N) is 2. The van der Waals surface area contributed by atoms with Gasteiger partial charge in [0.15, 0.2) is 5.43 Å². The second-order valence-electron chi connectivity index (χ2n) is 7.39. The van der Waals surface area contributed by atoms with E-state index < -0.39 is 0 Å². The average molecular weight is 344 g/mol. The van der Waals surface area contributed by atoms with Crippen LogP contribution >= 0.6 is 11.3 Å². The predicted molar refractivity (Wildman–Crippen MR) is 97.4 cm³/mol. The molecule has 128 valence electrons. The van der Waals surface area contributed by atoms with Gasteiger partial charge in [0.25, 0.3) is 0 Å². The van der Waals surface area contributed by atoms with Crippen LogP contribution in [-0.4, -0.2) is 27.5 Å². The van der Waals surface area contributed by atoms with Crippen molar-refractivity contribution in [2.45, 2.75) is 64.1 Å². The largest absolute Gasteiger partial charge is 0.337 e. The maximum Gasteiger partial charge on any atom is 0.243 e. The molecule has 2 aromatic heterocycles. The van der Waals surface area contributed by atoms with Crippen molar-refractivity contribution in [1.82, 2.24) is 9.47 Å². The normalized spacial score (nSPS) is 24.2. The van der Waals surface area contributed by atoms with Crippen molar-refractivity contribution in [3.05, 3.63) is 33.9 Å². The summed E-state index contributed by atoms with van der Waals surface area (Å²) in [5.74, 6) is 1.01. The second-order valence-corrected chi connectivity index (χ2v) is 8.30. The Kier molecular flexibility index (Phi) is 4.21. The summed E-state index contributed by atoms with van der Waals surface area (Å²) < 4.78 is 2.69. The van der Waals surface area contributed by atoms with Crippen molar-refractivity contribution in [3.63, 3.8) is 0 Å². The molecule has 0 atom stereocenters. The number of carbonyl (C=O) groups excluding carboxylic acids is 1. The standard InChI is InChI=1S/C19H24N2O2S/c1-13-2-4-14(5-3-13)21(15-6-7-15)18(23)12-20-10-8-17(22)19-16(20)9-11-24-19/h8-11,13-15H,2-7,12H2,1H3. The number of carbonyl (C=O) groups is 1. The van der Waals surface area contributed by atoms with E-state index in [0.717, 1.165) is 41.8 Å². The molecule has 2 heterocycles. The number of aromatic nitrogens is 1. The van der Waals surface area contributed by atoms with Gasteiger partial charge in [0.2, 0.25) is 5.91 Å². The molecule has 2 aliphatic carbocycles. The Morgan fingerprint density at radius 1 is 1.17 bits per heavy atom. The highest BCUT2D eigenvalue weighted by atomic mass is 32.1. The third-order valence-corrected chi connectivity index (χ3v) is 6.41. The van der Waals surface area contributed by atoms with Gasteiger partial charge in [0, 0.05) is 24.3 Å². The van der Waals surface area contributed by atoms with Gasteiger partial charge in [-0.15, -0.1) is 11.3 Å². The molecule has 0 N–H and O–H groups in total. The molecule has 5 heteroatoms. The van der Waals surface area contributed by atoms with Crippen LogP contribution in [0.3, 0.4) is 0 Å². The van der Waals surface area contributed by atoms with Crippen molar-refractivity contribution in [2.75, 3.05) is 0 Å². The van der Waals surface area contributed by atoms with Gasteiger partial charge < -0.3 is 9.47 Å². The Labute approximate surface area is 146 Å². The van der Waals surface area contributed by atoms with E-state index in [4.69, 9.17) is 0 Å². The summed E-state index contributed by atoms with van der Waals surface area (Å²) in [6.45, 7) is 2.66. The van der Waals surface area contributed by atoms with E-state index >= 15 is 0 Å². The predicted octanol–water partition coefficient (Wildman–Crippen LogP) is 3.63. The summed E-state index contributed by atoms with van der Waals surface area (Å²) in [6, 6.07) is 4.39. The van der Waals surface area contributed by atoms with E-state index in [9.17, 15) is 9.59 Å². The number of hydrogen-bond acceptors (Lipinski definition) is 3. The zero-order chi connectivity index (χ0) is 16.7. The summed E-state index contributed by atoms with van der Waals surface area (Å²) in [5.41, 5.74) is 0.929. The SMILES string of the molecule is CC1CCC(N(C(=O)Cn2ccc(=O)c3sccc32)C2CC2)CC1. The summed E-state index contributed by atoms with van der Waals surface area (Å²) in [6.07, 6.45) is 8.81. The van der Waals surface area contributed by atoms with Gasteiger partial charge in [0.1, 0.15) is 6.54 Å². The molecule has 0 radical (unpaired) electrons. The molecule has 0 bridgehead atoms. The third-order valence-electron chi connectivity index (χ3n) is 5.50. The van der Waals surface area contributed by atoms with Crippen molar-refractivity contribution >= 4 is 27.5 Å². The van der Waals surface area contributed by atoms with Crippen LogP contribution in [0.2, 0.25) is 0 Å². The number of thiophene rings is 1. The quantitative estimate of drug-likeness (QED) is 0.850. The third kappa shape index (κ3) is 3.02. The smallest absolute Gasteiger partial charge is 0.243 e. The van der Waals surface area contributed by atoms with Gasteiger partial charge in [-0.3, -0.25) is 9.59 Å². The molecule has 0 saturated heterocycles. The molecule has 4 nitrogen and oxygen atoms in total. The number of fused-ring (bicyclic) bond motifs is 1. The Hall–Kier alpha value is -1.62. The summed E-state index contributed by atoms with van der Waals surface area (Å²) in [5, 5.41) is 1.92. The summed E-state index contributed by atoms with van der Waals surface area (Å²) >= 11 is 1.45. The minimum absolute atomic E-state index is 0.0454. The number of pyridine rings is 1. The van der Waals surface area contributed by atoms with Crippen LogP contribution in [0.25, 0.3) is 10.2 Å². The lowest BCUT2D eigenvalue weighted by molar-refractivity contribution is -0.135. The fourth-order valence-electron chi connectivity index (χ4n) is 3.97. The van der Waals surface area contributed by atoms with Crippen LogP contribution in [0.4, 0.5) is 0 Å². The number of hydrogen-bond donors (Lipinski definition) is 0. The Morgan fingerprint density at radius 2 is 1.83 bits per heavy atom. The van der Waals surface area contributed by atoms with Crippen LogP contribution in [0.5, 0.6) is 0 Å². The molecule has 1 amide bonds. The minimum Gasteiger partial charge on any atom is -0.337 e. The molecule has 0 aromatic carbocycles. The minimum atomic E-state index is 0.0454. The van der Waals surface area contributed by atoms with E-state index in [1.807, 2.05) is 16.0 Å². The van der Waals surface area contributed by atoms with Crippen LogP contribution in [0, 0.1) is 5.92 Å². The first kappa shape index (κ1) is 15.9. The van der Waals surface area contributed by atoms with Crippen LogP contribution in [0.1, 0.15) is 45.4 Å². The molecule has 2 fully saturated rings. The van der Waals surface area contributed by atoms with E-state index in [2.05, 4.69) is 11.8 Å². The number of amides is 1. The summed E-state index contributed by atoms with van der Waals surface area (Å²) in [4.78, 5) is 27.1. The molecule has 2 aliphatic rings. The zero-order valence-electron chi connectivity index (χ0n) is 14.1. The van der Waals surface area contributed by atoms with Gasteiger partial charge >= 0.3 is 0 Å². The monoisotopic (exact) mass is 344 g/mol. The van der Waals surface area contributed by atoms with Crippen LogP contribution < -0.4 is 5.43 Å². The van der Waals surface area contributed by atoms with Gasteiger partial charge in [-0.2, -0.15) is 0 Å². The highest BCUT2D eigenvalue weighted by molar-refractivity contribution is 7.17. The first-order chi connectivity index (χ1) is 11.6. The van der Waals surface area contributed by atoms with Crippen molar-refractivity contribution in [2.24, 2.45) is 5.92 Å². The molecular weight excluding hydrogens is 320 g/mol. The fourth-order valence-corrected chi connectivity index (χ4v) is 4.79. The van der Waals surface area contributed by atoms with Gasteiger partial charge in [-0.1, -0.05) is 6.92 Å². The Balaban J connectivity index is 1.56. The van der Waals surface area contributed by atoms with E-state index in [0.29, 0.717) is 18.6 Å². The lowest BCUT2D eigenvalue weighted by Gasteiger charge is -2.36. The van der Waals surface area contributed by atoms with E-state index in [-0.39, 0.29) is 11.3 Å². The Bertz CT molecular complexity index is 797. The number of rotatable bonds is 4. The first-order valence-electron chi connectivity index (χ1n) is 9.01. The van der Waals surface area contributed by atoms with Crippen LogP contribution in [0.15, 0.2) is 28.5 Å². The van der Waals surface area contributed by atoms with Gasteiger partial charge in [-0.25, -0.2) is 0 Å². The molecule has 4 rings (SSSR count). The second kappa shape index (κ2) is 6.36. The molecule has 2 saturated carbocycles. The zero-order valence-corrected chi connectivity index (χ0v) is 14.9. The lowest BCUT2D eigenvalue weighted by Crippen LogP contribution is -2.45. The topological polar surface area (TPSA) is 42.3 Å². The fraction of sp³-hybridized carbons (Fsp3) is 0.579. The lowest BCUT2D eigenvalue weighted by atomic mass is 9.86. The van der Waals surface area contributed by atoms with Gasteiger partial charge in [-0.05, 0) is 55.9 Å². The highest BCUT2D eigenvalue weighted by Gasteiger charge is 2.38. The molecule has 2 aromatic rings. The van der Waals surface area contributed by atoms with E-state index in [1.54, 1.807) is 12.3 Å². The molecule has 0 unspecified atom stereocenters. The average Bonchev–Trinajstić information content (AvgIpc) is 3.26. The van der Waals surface area contributed by atoms with Gasteiger partial charge in [0.05, 0.1) is 10.2 Å². The maximum absolute atomic E-state index is 13.1. The van der Waals surface area contributed by atoms with Crippen LogP contribution in [-0.2, 0) is 11.3 Å².